The van der Waals surface area contributed by atoms with Crippen LogP contribution in [0.5, 0.6) is 0 Å². The maximum atomic E-state index is 11.5. The Balaban J connectivity index is 2.07. The van der Waals surface area contributed by atoms with Gasteiger partial charge in [-0.15, -0.1) is 0 Å². The quantitative estimate of drug-likeness (QED) is 0.397. The molecule has 0 saturated carbocycles. The standard InChI is InChI=1S/C19H25N5O4/c25-12-8-15(27)6-10-20-18-22-17(14-4-2-1-3-5-14)23-19(24-18)21-11-7-16(28)9-13-26/h1-5,25-26H,6-13H2,(H2,20,21,22,23,24). The number of ketones is 2. The van der Waals surface area contributed by atoms with Gasteiger partial charge in [0, 0.05) is 57.6 Å². The van der Waals surface area contributed by atoms with Gasteiger partial charge in [-0.3, -0.25) is 9.59 Å². The van der Waals surface area contributed by atoms with Crippen LogP contribution in [-0.4, -0.2) is 63.0 Å². The maximum absolute atomic E-state index is 11.5. The van der Waals surface area contributed by atoms with Gasteiger partial charge < -0.3 is 20.8 Å². The first kappa shape index (κ1) is 21.4. The van der Waals surface area contributed by atoms with Crippen LogP contribution in [0.2, 0.25) is 0 Å². The zero-order valence-electron chi connectivity index (χ0n) is 15.6. The van der Waals surface area contributed by atoms with E-state index >= 15 is 0 Å². The molecule has 9 heteroatoms. The van der Waals surface area contributed by atoms with Gasteiger partial charge in [0.05, 0.1) is 0 Å². The lowest BCUT2D eigenvalue weighted by molar-refractivity contribution is -0.120. The number of hydrogen-bond acceptors (Lipinski definition) is 9. The number of carbonyl (C=O) groups is 2. The third-order valence-corrected chi connectivity index (χ3v) is 3.82. The second kappa shape index (κ2) is 11.7. The number of aromatic nitrogens is 3. The van der Waals surface area contributed by atoms with Crippen LogP contribution < -0.4 is 10.6 Å². The fourth-order valence-corrected chi connectivity index (χ4v) is 2.38. The fraction of sp³-hybridized carbons (Fsp3) is 0.421. The summed E-state index contributed by atoms with van der Waals surface area (Å²) in [5.41, 5.74) is 0.809. The van der Waals surface area contributed by atoms with Crippen LogP contribution in [0.4, 0.5) is 11.9 Å². The molecule has 150 valence electrons. The van der Waals surface area contributed by atoms with Gasteiger partial charge in [0.15, 0.2) is 5.82 Å². The summed E-state index contributed by atoms with van der Waals surface area (Å²) in [5.74, 6) is 0.995. The Morgan fingerprint density at radius 3 is 1.71 bits per heavy atom. The van der Waals surface area contributed by atoms with E-state index < -0.39 is 0 Å². The summed E-state index contributed by atoms with van der Waals surface area (Å²) >= 11 is 0. The average Bonchev–Trinajstić information content (AvgIpc) is 2.69. The van der Waals surface area contributed by atoms with E-state index in [4.69, 9.17) is 10.2 Å². The number of nitrogens with one attached hydrogen (secondary N) is 2. The lowest BCUT2D eigenvalue weighted by Crippen LogP contribution is -2.15. The van der Waals surface area contributed by atoms with E-state index in [2.05, 4.69) is 25.6 Å². The minimum atomic E-state index is -0.161. The number of rotatable bonds is 13. The van der Waals surface area contributed by atoms with E-state index in [1.54, 1.807) is 0 Å². The lowest BCUT2D eigenvalue weighted by atomic mass is 10.2. The van der Waals surface area contributed by atoms with Crippen molar-refractivity contribution in [1.82, 2.24) is 15.0 Å². The molecular weight excluding hydrogens is 362 g/mol. The molecule has 0 aliphatic rings. The van der Waals surface area contributed by atoms with E-state index in [1.807, 2.05) is 30.3 Å². The van der Waals surface area contributed by atoms with Crippen molar-refractivity contribution in [3.63, 3.8) is 0 Å². The highest BCUT2D eigenvalue weighted by molar-refractivity contribution is 5.79. The molecule has 0 radical (unpaired) electrons. The Bertz CT molecular complexity index is 728. The number of anilines is 2. The summed E-state index contributed by atoms with van der Waals surface area (Å²) < 4.78 is 0. The summed E-state index contributed by atoms with van der Waals surface area (Å²) in [4.78, 5) is 36.1. The molecule has 0 amide bonds. The van der Waals surface area contributed by atoms with Gasteiger partial charge in [-0.05, 0) is 0 Å². The summed E-state index contributed by atoms with van der Waals surface area (Å²) in [6.45, 7) is 0.356. The van der Waals surface area contributed by atoms with Crippen LogP contribution in [0.25, 0.3) is 11.4 Å². The Morgan fingerprint density at radius 2 is 1.25 bits per heavy atom. The van der Waals surface area contributed by atoms with Gasteiger partial charge >= 0.3 is 0 Å². The largest absolute Gasteiger partial charge is 0.396 e. The normalized spacial score (nSPS) is 10.5. The molecule has 0 bridgehead atoms. The van der Waals surface area contributed by atoms with Crippen molar-refractivity contribution >= 4 is 23.5 Å². The number of aliphatic hydroxyl groups is 2. The second-order valence-corrected chi connectivity index (χ2v) is 6.05. The molecule has 1 aromatic carbocycles. The van der Waals surface area contributed by atoms with Crippen LogP contribution >= 0.6 is 0 Å². The average molecular weight is 387 g/mol. The van der Waals surface area contributed by atoms with Gasteiger partial charge in [0.1, 0.15) is 11.6 Å². The van der Waals surface area contributed by atoms with Crippen molar-refractivity contribution in [3.8, 4) is 11.4 Å². The molecule has 0 saturated heterocycles. The predicted octanol–water partition coefficient (Wildman–Crippen LogP) is 1.05. The topological polar surface area (TPSA) is 137 Å². The van der Waals surface area contributed by atoms with Gasteiger partial charge in [0.25, 0.3) is 0 Å². The Labute approximate surface area is 163 Å². The first-order chi connectivity index (χ1) is 13.6. The van der Waals surface area contributed by atoms with Gasteiger partial charge in [-0.25, -0.2) is 0 Å². The molecule has 1 aromatic heterocycles. The number of carbonyl (C=O) groups excluding carboxylic acids is 2. The van der Waals surface area contributed by atoms with E-state index in [-0.39, 0.29) is 50.5 Å². The second-order valence-electron chi connectivity index (χ2n) is 6.05. The number of hydrogen-bond donors (Lipinski definition) is 4. The fourth-order valence-electron chi connectivity index (χ4n) is 2.38. The molecule has 0 aliphatic heterocycles. The Hall–Kier alpha value is -2.91. The highest BCUT2D eigenvalue weighted by Crippen LogP contribution is 2.17. The monoisotopic (exact) mass is 387 g/mol. The molecule has 9 nitrogen and oxygen atoms in total. The van der Waals surface area contributed by atoms with Gasteiger partial charge in [-0.1, -0.05) is 30.3 Å². The molecule has 2 aromatic rings. The third-order valence-electron chi connectivity index (χ3n) is 3.82. The SMILES string of the molecule is O=C(CCO)CCNc1nc(NCCC(=O)CCO)nc(-c2ccccc2)n1. The highest BCUT2D eigenvalue weighted by Gasteiger charge is 2.10. The predicted molar refractivity (Wildman–Crippen MR) is 105 cm³/mol. The minimum absolute atomic E-state index is 0.0481. The van der Waals surface area contributed by atoms with E-state index in [1.165, 1.54) is 0 Å². The van der Waals surface area contributed by atoms with Crippen LogP contribution in [0.15, 0.2) is 30.3 Å². The molecule has 4 N–H and O–H groups in total. The summed E-state index contributed by atoms with van der Waals surface area (Å²) in [5, 5.41) is 23.6. The van der Waals surface area contributed by atoms with Crippen molar-refractivity contribution < 1.29 is 19.8 Å². The smallest absolute Gasteiger partial charge is 0.228 e. The molecular formula is C19H25N5O4. The van der Waals surface area contributed by atoms with Gasteiger partial charge in [0.2, 0.25) is 11.9 Å². The maximum Gasteiger partial charge on any atom is 0.228 e. The van der Waals surface area contributed by atoms with Crippen LogP contribution in [0, 0.1) is 0 Å². The van der Waals surface area contributed by atoms with Crippen molar-refractivity contribution in [3.05, 3.63) is 30.3 Å². The number of nitrogens with zero attached hydrogens (tertiary/aromatic N) is 3. The molecule has 2 rings (SSSR count). The molecule has 28 heavy (non-hydrogen) atoms. The first-order valence-corrected chi connectivity index (χ1v) is 9.16. The lowest BCUT2D eigenvalue weighted by Gasteiger charge is -2.10. The zero-order valence-corrected chi connectivity index (χ0v) is 15.6. The Kier molecular flexibility index (Phi) is 8.96. The van der Waals surface area contributed by atoms with E-state index in [0.29, 0.717) is 30.8 Å². The molecule has 1 heterocycles. The first-order valence-electron chi connectivity index (χ1n) is 9.16. The number of aliphatic hydroxyl groups excluding tert-OH is 2. The summed E-state index contributed by atoms with van der Waals surface area (Å²) in [6.07, 6.45) is 0.766. The van der Waals surface area contributed by atoms with Crippen LogP contribution in [-0.2, 0) is 9.59 Å². The molecule has 0 unspecified atom stereocenters. The number of Topliss-reactive ketones (excluding diaryl/α,β-unsaturated/α-hetero) is 2. The Morgan fingerprint density at radius 1 is 0.750 bits per heavy atom. The highest BCUT2D eigenvalue weighted by atomic mass is 16.3. The number of benzene rings is 1. The van der Waals surface area contributed by atoms with Crippen LogP contribution in [0.1, 0.15) is 25.7 Å². The van der Waals surface area contributed by atoms with Crippen LogP contribution in [0.3, 0.4) is 0 Å². The molecule has 0 atom stereocenters. The molecule has 0 fully saturated rings. The molecule has 0 aliphatic carbocycles. The van der Waals surface area contributed by atoms with Crippen molar-refractivity contribution in [2.45, 2.75) is 25.7 Å². The van der Waals surface area contributed by atoms with Crippen molar-refractivity contribution in [1.29, 1.82) is 0 Å². The van der Waals surface area contributed by atoms with Crippen molar-refractivity contribution in [2.75, 3.05) is 36.9 Å². The summed E-state index contributed by atoms with van der Waals surface area (Å²) in [6, 6.07) is 9.39. The molecule has 0 spiro atoms. The van der Waals surface area contributed by atoms with E-state index in [9.17, 15) is 9.59 Å². The van der Waals surface area contributed by atoms with Gasteiger partial charge in [-0.2, -0.15) is 15.0 Å². The van der Waals surface area contributed by atoms with Crippen molar-refractivity contribution in [2.24, 2.45) is 0 Å². The third kappa shape index (κ3) is 7.37. The van der Waals surface area contributed by atoms with E-state index in [0.717, 1.165) is 5.56 Å². The summed E-state index contributed by atoms with van der Waals surface area (Å²) in [7, 11) is 0. The zero-order chi connectivity index (χ0) is 20.2. The minimum Gasteiger partial charge on any atom is -0.396 e.